The highest BCUT2D eigenvalue weighted by Crippen LogP contribution is 2.25. The van der Waals surface area contributed by atoms with E-state index in [1.54, 1.807) is 0 Å². The third kappa shape index (κ3) is 5.16. The molecule has 0 bridgehead atoms. The van der Waals surface area contributed by atoms with Crippen LogP contribution in [0.2, 0.25) is 0 Å². The summed E-state index contributed by atoms with van der Waals surface area (Å²) in [5.74, 6) is 0.604. The molecule has 1 aliphatic rings. The molecule has 0 radical (unpaired) electrons. The van der Waals surface area contributed by atoms with Crippen molar-refractivity contribution in [3.63, 3.8) is 0 Å². The van der Waals surface area contributed by atoms with Gasteiger partial charge in [-0.3, -0.25) is 4.79 Å². The Labute approximate surface area is 98.2 Å². The van der Waals surface area contributed by atoms with Crippen LogP contribution in [0.3, 0.4) is 0 Å². The van der Waals surface area contributed by atoms with E-state index in [2.05, 4.69) is 11.4 Å². The lowest BCUT2D eigenvalue weighted by molar-refractivity contribution is -0.122. The highest BCUT2D eigenvalue weighted by molar-refractivity contribution is 5.76. The van der Waals surface area contributed by atoms with Gasteiger partial charge in [0.1, 0.15) is 0 Å². The van der Waals surface area contributed by atoms with Crippen molar-refractivity contribution in [3.8, 4) is 6.07 Å². The van der Waals surface area contributed by atoms with Crippen molar-refractivity contribution in [3.05, 3.63) is 0 Å². The van der Waals surface area contributed by atoms with Crippen LogP contribution in [-0.2, 0) is 4.79 Å². The van der Waals surface area contributed by atoms with Crippen LogP contribution in [0.4, 0.5) is 0 Å². The van der Waals surface area contributed by atoms with Gasteiger partial charge in [0.15, 0.2) is 0 Å². The molecular formula is C13H22N2O. The smallest absolute Gasteiger partial charge is 0.220 e. The molecule has 0 aromatic carbocycles. The van der Waals surface area contributed by atoms with Crippen LogP contribution in [0.5, 0.6) is 0 Å². The molecule has 1 saturated carbocycles. The first-order chi connectivity index (χ1) is 7.72. The molecule has 0 saturated heterocycles. The number of carbonyl (C=O) groups excluding carboxylic acids is 1. The Balaban J connectivity index is 2.20. The molecular weight excluding hydrogens is 200 g/mol. The Morgan fingerprint density at radius 2 is 2.00 bits per heavy atom. The number of hydrogen-bond donors (Lipinski definition) is 1. The van der Waals surface area contributed by atoms with Gasteiger partial charge < -0.3 is 5.32 Å². The Morgan fingerprint density at radius 1 is 1.38 bits per heavy atom. The molecule has 90 valence electrons. The summed E-state index contributed by atoms with van der Waals surface area (Å²) in [6.45, 7) is 2.31. The first-order valence-electron chi connectivity index (χ1n) is 6.38. The van der Waals surface area contributed by atoms with Crippen LogP contribution >= 0.6 is 0 Å². The standard InChI is InChI=1S/C13H22N2O/c1-11(9-14)10-15-13(16)8-12-6-4-2-3-5-7-12/h11-12H,2-8,10H2,1H3,(H,15,16). The summed E-state index contributed by atoms with van der Waals surface area (Å²) in [6, 6.07) is 2.12. The number of nitrogens with zero attached hydrogens (tertiary/aromatic N) is 1. The van der Waals surface area contributed by atoms with Crippen molar-refractivity contribution in [2.75, 3.05) is 6.54 Å². The minimum absolute atomic E-state index is 0.0851. The zero-order valence-corrected chi connectivity index (χ0v) is 10.2. The van der Waals surface area contributed by atoms with Crippen molar-refractivity contribution in [1.29, 1.82) is 5.26 Å². The van der Waals surface area contributed by atoms with Crippen molar-refractivity contribution < 1.29 is 4.79 Å². The van der Waals surface area contributed by atoms with Gasteiger partial charge in [0, 0.05) is 13.0 Å². The molecule has 1 unspecified atom stereocenters. The van der Waals surface area contributed by atoms with Gasteiger partial charge >= 0.3 is 0 Å². The second-order valence-electron chi connectivity index (χ2n) is 4.90. The lowest BCUT2D eigenvalue weighted by Gasteiger charge is -2.13. The average Bonchev–Trinajstić information content (AvgIpc) is 2.54. The van der Waals surface area contributed by atoms with Crippen LogP contribution in [0.1, 0.15) is 51.9 Å². The molecule has 16 heavy (non-hydrogen) atoms. The third-order valence-corrected chi connectivity index (χ3v) is 3.27. The minimum Gasteiger partial charge on any atom is -0.355 e. The van der Waals surface area contributed by atoms with Crippen molar-refractivity contribution in [2.24, 2.45) is 11.8 Å². The van der Waals surface area contributed by atoms with Crippen molar-refractivity contribution in [1.82, 2.24) is 5.32 Å². The molecule has 3 nitrogen and oxygen atoms in total. The van der Waals surface area contributed by atoms with E-state index >= 15 is 0 Å². The fraction of sp³-hybridized carbons (Fsp3) is 0.846. The molecule has 1 rings (SSSR count). The number of rotatable bonds is 4. The molecule has 1 N–H and O–H groups in total. The normalized spacial score (nSPS) is 19.5. The predicted octanol–water partition coefficient (Wildman–Crippen LogP) is 2.62. The third-order valence-electron chi connectivity index (χ3n) is 3.27. The highest BCUT2D eigenvalue weighted by atomic mass is 16.1. The lowest BCUT2D eigenvalue weighted by Crippen LogP contribution is -2.29. The van der Waals surface area contributed by atoms with Gasteiger partial charge in [-0.25, -0.2) is 0 Å². The van der Waals surface area contributed by atoms with Gasteiger partial charge in [0.05, 0.1) is 12.0 Å². The number of nitriles is 1. The minimum atomic E-state index is -0.0851. The molecule has 0 heterocycles. The molecule has 1 aliphatic carbocycles. The van der Waals surface area contributed by atoms with Gasteiger partial charge in [-0.2, -0.15) is 5.26 Å². The van der Waals surface area contributed by atoms with Crippen LogP contribution in [-0.4, -0.2) is 12.5 Å². The quantitative estimate of drug-likeness (QED) is 0.743. The second kappa shape index (κ2) is 7.27. The average molecular weight is 222 g/mol. The number of hydrogen-bond acceptors (Lipinski definition) is 2. The summed E-state index contributed by atoms with van der Waals surface area (Å²) in [4.78, 5) is 11.6. The summed E-state index contributed by atoms with van der Waals surface area (Å²) in [7, 11) is 0. The van der Waals surface area contributed by atoms with E-state index in [4.69, 9.17) is 5.26 Å². The first kappa shape index (κ1) is 13.0. The lowest BCUT2D eigenvalue weighted by atomic mass is 9.96. The van der Waals surface area contributed by atoms with E-state index in [-0.39, 0.29) is 11.8 Å². The van der Waals surface area contributed by atoms with E-state index in [0.29, 0.717) is 18.9 Å². The number of amides is 1. The van der Waals surface area contributed by atoms with E-state index in [1.165, 1.54) is 38.5 Å². The maximum absolute atomic E-state index is 11.6. The molecule has 0 aromatic heterocycles. The fourth-order valence-corrected chi connectivity index (χ4v) is 2.21. The highest BCUT2D eigenvalue weighted by Gasteiger charge is 2.16. The van der Waals surface area contributed by atoms with Crippen molar-refractivity contribution >= 4 is 5.91 Å². The summed E-state index contributed by atoms with van der Waals surface area (Å²) in [5, 5.41) is 11.4. The van der Waals surface area contributed by atoms with Gasteiger partial charge in [0.25, 0.3) is 0 Å². The maximum atomic E-state index is 11.6. The molecule has 0 aromatic rings. The van der Waals surface area contributed by atoms with Crippen LogP contribution < -0.4 is 5.32 Å². The molecule has 0 spiro atoms. The summed E-state index contributed by atoms with van der Waals surface area (Å²) in [5.41, 5.74) is 0. The summed E-state index contributed by atoms with van der Waals surface area (Å²) in [6.07, 6.45) is 8.23. The fourth-order valence-electron chi connectivity index (χ4n) is 2.21. The van der Waals surface area contributed by atoms with E-state index in [0.717, 1.165) is 0 Å². The van der Waals surface area contributed by atoms with Crippen LogP contribution in [0, 0.1) is 23.2 Å². The second-order valence-corrected chi connectivity index (χ2v) is 4.90. The summed E-state index contributed by atoms with van der Waals surface area (Å²) < 4.78 is 0. The Morgan fingerprint density at radius 3 is 2.56 bits per heavy atom. The SMILES string of the molecule is CC(C#N)CNC(=O)CC1CCCCCC1. The van der Waals surface area contributed by atoms with Gasteiger partial charge in [0.2, 0.25) is 5.91 Å². The van der Waals surface area contributed by atoms with Gasteiger partial charge in [-0.1, -0.05) is 25.7 Å². The molecule has 1 fully saturated rings. The van der Waals surface area contributed by atoms with E-state index in [9.17, 15) is 4.79 Å². The van der Waals surface area contributed by atoms with E-state index in [1.807, 2.05) is 6.92 Å². The number of nitrogens with one attached hydrogen (secondary N) is 1. The van der Waals surface area contributed by atoms with Gasteiger partial charge in [-0.15, -0.1) is 0 Å². The summed E-state index contributed by atoms with van der Waals surface area (Å²) >= 11 is 0. The number of carbonyl (C=O) groups is 1. The molecule has 0 aliphatic heterocycles. The Bertz CT molecular complexity index is 249. The maximum Gasteiger partial charge on any atom is 0.220 e. The van der Waals surface area contributed by atoms with Gasteiger partial charge in [-0.05, 0) is 25.7 Å². The molecule has 3 heteroatoms. The monoisotopic (exact) mass is 222 g/mol. The Kier molecular flexibility index (Phi) is 5.92. The molecule has 1 amide bonds. The zero-order chi connectivity index (χ0) is 11.8. The first-order valence-corrected chi connectivity index (χ1v) is 6.38. The predicted molar refractivity (Wildman–Crippen MR) is 63.6 cm³/mol. The van der Waals surface area contributed by atoms with Crippen LogP contribution in [0.15, 0.2) is 0 Å². The van der Waals surface area contributed by atoms with Crippen LogP contribution in [0.25, 0.3) is 0 Å². The van der Waals surface area contributed by atoms with Crippen molar-refractivity contribution in [2.45, 2.75) is 51.9 Å². The Hall–Kier alpha value is -1.04. The van der Waals surface area contributed by atoms with E-state index < -0.39 is 0 Å². The molecule has 1 atom stereocenters. The largest absolute Gasteiger partial charge is 0.355 e. The topological polar surface area (TPSA) is 52.9 Å². The zero-order valence-electron chi connectivity index (χ0n) is 10.2.